The molecule has 0 radical (unpaired) electrons. The minimum Gasteiger partial charge on any atom is -0.480 e. The zero-order valence-electron chi connectivity index (χ0n) is 21.6. The number of nitrogens with one attached hydrogen (secondary N) is 1. The van der Waals surface area contributed by atoms with Crippen LogP contribution in [0.5, 0.6) is 0 Å². The fourth-order valence-electron chi connectivity index (χ4n) is 4.17. The SMILES string of the molecule is NC(N)=NCCCC(NC(=O)c1cccn(C(c2cccc(C(F)(F)F)c2)c2cccc(C(F)(F)F)c2)c1=O)C(=O)O. The number of pyridine rings is 1. The second-order valence-corrected chi connectivity index (χ2v) is 9.10. The third-order valence-corrected chi connectivity index (χ3v) is 6.11. The van der Waals surface area contributed by atoms with E-state index in [2.05, 4.69) is 10.3 Å². The summed E-state index contributed by atoms with van der Waals surface area (Å²) in [5, 5.41) is 11.7. The quantitative estimate of drug-likeness (QED) is 0.121. The maximum atomic E-state index is 13.5. The van der Waals surface area contributed by atoms with E-state index in [4.69, 9.17) is 11.5 Å². The smallest absolute Gasteiger partial charge is 0.416 e. The normalized spacial score (nSPS) is 12.5. The average molecular weight is 598 g/mol. The number of amides is 1. The largest absolute Gasteiger partial charge is 0.480 e. The van der Waals surface area contributed by atoms with Crippen LogP contribution in [0.15, 0.2) is 76.6 Å². The molecule has 3 aromatic rings. The summed E-state index contributed by atoms with van der Waals surface area (Å²) in [5.41, 5.74) is 6.17. The number of benzene rings is 2. The van der Waals surface area contributed by atoms with Gasteiger partial charge in [-0.25, -0.2) is 4.79 Å². The molecule has 6 N–H and O–H groups in total. The molecule has 2 aromatic carbocycles. The Hall–Kier alpha value is -4.82. The Morgan fingerprint density at radius 2 is 1.45 bits per heavy atom. The Morgan fingerprint density at radius 1 is 0.905 bits per heavy atom. The second-order valence-electron chi connectivity index (χ2n) is 9.10. The molecular weight excluding hydrogens is 572 g/mol. The number of carbonyl (C=O) groups excluding carboxylic acids is 1. The van der Waals surface area contributed by atoms with Crippen LogP contribution in [0.3, 0.4) is 0 Å². The predicted octanol–water partition coefficient (Wildman–Crippen LogP) is 3.76. The minimum atomic E-state index is -4.80. The van der Waals surface area contributed by atoms with E-state index in [1.54, 1.807) is 0 Å². The fraction of sp³-hybridized carbons (Fsp3) is 0.259. The third-order valence-electron chi connectivity index (χ3n) is 6.11. The molecule has 0 aliphatic rings. The molecule has 1 unspecified atom stereocenters. The number of guanidine groups is 1. The van der Waals surface area contributed by atoms with Crippen LogP contribution >= 0.6 is 0 Å². The number of halogens is 6. The van der Waals surface area contributed by atoms with Crippen LogP contribution in [-0.4, -0.2) is 40.1 Å². The van der Waals surface area contributed by atoms with Gasteiger partial charge in [-0.1, -0.05) is 24.3 Å². The summed E-state index contributed by atoms with van der Waals surface area (Å²) < 4.78 is 81.8. The molecule has 0 saturated heterocycles. The number of carboxylic acid groups (broad SMARTS) is 1. The molecule has 0 aliphatic heterocycles. The van der Waals surface area contributed by atoms with Crippen molar-refractivity contribution in [2.45, 2.75) is 37.3 Å². The molecule has 3 rings (SSSR count). The first kappa shape index (κ1) is 31.7. The second kappa shape index (κ2) is 12.8. The van der Waals surface area contributed by atoms with E-state index in [1.807, 2.05) is 0 Å². The molecule has 1 aromatic heterocycles. The Labute approximate surface area is 234 Å². The van der Waals surface area contributed by atoms with Gasteiger partial charge < -0.3 is 26.5 Å². The van der Waals surface area contributed by atoms with E-state index in [9.17, 15) is 45.8 Å². The van der Waals surface area contributed by atoms with Crippen LogP contribution in [0, 0.1) is 0 Å². The summed E-state index contributed by atoms with van der Waals surface area (Å²) in [6, 6.07) is 6.68. The van der Waals surface area contributed by atoms with Crippen LogP contribution in [0.4, 0.5) is 26.3 Å². The van der Waals surface area contributed by atoms with Gasteiger partial charge in [-0.2, -0.15) is 26.3 Å². The summed E-state index contributed by atoms with van der Waals surface area (Å²) in [5.74, 6) is -2.75. The van der Waals surface area contributed by atoms with E-state index in [-0.39, 0.29) is 36.5 Å². The van der Waals surface area contributed by atoms with Gasteiger partial charge in [-0.15, -0.1) is 0 Å². The van der Waals surface area contributed by atoms with Gasteiger partial charge in [0.1, 0.15) is 11.6 Å². The maximum Gasteiger partial charge on any atom is 0.416 e. The number of aromatic nitrogens is 1. The van der Waals surface area contributed by atoms with Crippen molar-refractivity contribution in [3.05, 3.63) is 105 Å². The molecular formula is C27H25F6N5O4. The number of rotatable bonds is 10. The van der Waals surface area contributed by atoms with Crippen LogP contribution in [0.2, 0.25) is 0 Å². The van der Waals surface area contributed by atoms with Gasteiger partial charge in [0.05, 0.1) is 17.2 Å². The molecule has 15 heteroatoms. The molecule has 0 saturated carbocycles. The highest BCUT2D eigenvalue weighted by atomic mass is 19.4. The number of alkyl halides is 6. The summed E-state index contributed by atoms with van der Waals surface area (Å²) in [6.07, 6.45) is -8.45. The van der Waals surface area contributed by atoms with Gasteiger partial charge >= 0.3 is 18.3 Å². The highest BCUT2D eigenvalue weighted by Gasteiger charge is 2.34. The number of nitrogens with two attached hydrogens (primary N) is 2. The molecule has 42 heavy (non-hydrogen) atoms. The number of carboxylic acids is 1. The van der Waals surface area contributed by atoms with Crippen LogP contribution < -0.4 is 22.3 Å². The Kier molecular flexibility index (Phi) is 9.65. The minimum absolute atomic E-state index is 0.0653. The van der Waals surface area contributed by atoms with Crippen molar-refractivity contribution < 1.29 is 41.0 Å². The molecule has 224 valence electrons. The first-order chi connectivity index (χ1) is 19.6. The molecule has 0 aliphatic carbocycles. The number of hydrogen-bond acceptors (Lipinski definition) is 4. The summed E-state index contributed by atoms with van der Waals surface area (Å²) in [7, 11) is 0. The molecule has 1 atom stereocenters. The molecule has 0 bridgehead atoms. The standard InChI is InChI=1S/C27H25F6N5O4/c28-26(29,30)17-7-1-5-15(13-17)21(16-6-2-8-18(14-16)27(31,32)33)38-12-4-9-19(23(38)40)22(39)37-20(24(41)42)10-3-11-36-25(34)35/h1-2,4-9,12-14,20-21H,3,10-11H2,(H,37,39)(H,41,42)(H4,34,35,36). The number of hydrogen-bond donors (Lipinski definition) is 4. The molecule has 0 spiro atoms. The monoisotopic (exact) mass is 597 g/mol. The van der Waals surface area contributed by atoms with Crippen molar-refractivity contribution in [2.24, 2.45) is 16.5 Å². The van der Waals surface area contributed by atoms with Gasteiger partial charge in [0, 0.05) is 12.7 Å². The maximum absolute atomic E-state index is 13.5. The van der Waals surface area contributed by atoms with Gasteiger partial charge in [0.2, 0.25) is 0 Å². The van der Waals surface area contributed by atoms with Crippen molar-refractivity contribution >= 4 is 17.8 Å². The van der Waals surface area contributed by atoms with Crippen molar-refractivity contribution in [1.29, 1.82) is 0 Å². The van der Waals surface area contributed by atoms with Crippen molar-refractivity contribution in [3.63, 3.8) is 0 Å². The fourth-order valence-corrected chi connectivity index (χ4v) is 4.17. The Bertz CT molecular complexity index is 1470. The lowest BCUT2D eigenvalue weighted by molar-refractivity contribution is -0.139. The molecule has 0 fully saturated rings. The average Bonchev–Trinajstić information content (AvgIpc) is 2.90. The van der Waals surface area contributed by atoms with Crippen LogP contribution in [-0.2, 0) is 17.1 Å². The van der Waals surface area contributed by atoms with E-state index >= 15 is 0 Å². The van der Waals surface area contributed by atoms with E-state index in [0.29, 0.717) is 12.1 Å². The van der Waals surface area contributed by atoms with Gasteiger partial charge in [0.15, 0.2) is 5.96 Å². The first-order valence-electron chi connectivity index (χ1n) is 12.2. The highest BCUT2D eigenvalue weighted by molar-refractivity contribution is 5.96. The number of carbonyl (C=O) groups is 2. The zero-order chi connectivity index (χ0) is 31.2. The molecule has 9 nitrogen and oxygen atoms in total. The highest BCUT2D eigenvalue weighted by Crippen LogP contribution is 2.36. The van der Waals surface area contributed by atoms with Crippen molar-refractivity contribution in [3.8, 4) is 0 Å². The Balaban J connectivity index is 2.09. The number of aliphatic imine (C=N–C) groups is 1. The van der Waals surface area contributed by atoms with Crippen LogP contribution in [0.1, 0.15) is 51.5 Å². The zero-order valence-corrected chi connectivity index (χ0v) is 21.6. The van der Waals surface area contributed by atoms with E-state index in [0.717, 1.165) is 41.1 Å². The first-order valence-corrected chi connectivity index (χ1v) is 12.2. The molecule has 1 amide bonds. The van der Waals surface area contributed by atoms with Gasteiger partial charge in [0.25, 0.3) is 11.5 Å². The van der Waals surface area contributed by atoms with Crippen molar-refractivity contribution in [2.75, 3.05) is 6.54 Å². The number of nitrogens with zero attached hydrogens (tertiary/aromatic N) is 2. The van der Waals surface area contributed by atoms with Crippen molar-refractivity contribution in [1.82, 2.24) is 9.88 Å². The van der Waals surface area contributed by atoms with E-state index < -0.39 is 58.6 Å². The number of aliphatic carboxylic acids is 1. The topological polar surface area (TPSA) is 153 Å². The lowest BCUT2D eigenvalue weighted by Crippen LogP contribution is -2.43. The van der Waals surface area contributed by atoms with Crippen LogP contribution in [0.25, 0.3) is 0 Å². The van der Waals surface area contributed by atoms with E-state index in [1.165, 1.54) is 18.2 Å². The molecule has 1 heterocycles. The third kappa shape index (κ3) is 7.89. The predicted molar refractivity (Wildman–Crippen MR) is 140 cm³/mol. The Morgan fingerprint density at radius 3 is 1.93 bits per heavy atom. The lowest BCUT2D eigenvalue weighted by atomic mass is 9.95. The summed E-state index contributed by atoms with van der Waals surface area (Å²) in [6.45, 7) is 0.0653. The lowest BCUT2D eigenvalue weighted by Gasteiger charge is -2.23. The summed E-state index contributed by atoms with van der Waals surface area (Å²) in [4.78, 5) is 41.9. The van der Waals surface area contributed by atoms with Gasteiger partial charge in [-0.3, -0.25) is 14.6 Å². The van der Waals surface area contributed by atoms with Gasteiger partial charge in [-0.05, 0) is 60.4 Å². The summed E-state index contributed by atoms with van der Waals surface area (Å²) >= 11 is 0.